The lowest BCUT2D eigenvalue weighted by atomic mass is 9.94. The first-order valence-electron chi connectivity index (χ1n) is 10.0. The number of hydrogen-bond donors (Lipinski definition) is 3. The molecule has 2 atom stereocenters. The number of benzene rings is 2. The lowest BCUT2D eigenvalue weighted by molar-refractivity contribution is -0.149. The predicted molar refractivity (Wildman–Crippen MR) is 111 cm³/mol. The number of aromatic amines is 1. The van der Waals surface area contributed by atoms with Gasteiger partial charge in [0.1, 0.15) is 18.4 Å². The number of carboxylic acid groups (broad SMARTS) is 2. The number of ether oxygens (including phenoxy) is 1. The molecule has 0 unspecified atom stereocenters. The SMILES string of the molecule is O=C(O)[C@@H]1CCCN([C@@H](C(=O)O)c2c[nH]c3ccc(OCc4ccccc4)cc23)C1. The molecule has 0 radical (unpaired) electrons. The van der Waals surface area contributed by atoms with Crippen LogP contribution < -0.4 is 4.74 Å². The number of fused-ring (bicyclic) bond motifs is 1. The summed E-state index contributed by atoms with van der Waals surface area (Å²) in [7, 11) is 0. The molecule has 30 heavy (non-hydrogen) atoms. The highest BCUT2D eigenvalue weighted by molar-refractivity contribution is 5.90. The summed E-state index contributed by atoms with van der Waals surface area (Å²) in [6.45, 7) is 1.20. The lowest BCUT2D eigenvalue weighted by Crippen LogP contribution is -2.43. The highest BCUT2D eigenvalue weighted by Gasteiger charge is 2.35. The predicted octanol–water partition coefficient (Wildman–Crippen LogP) is 3.67. The zero-order valence-corrected chi connectivity index (χ0v) is 16.5. The van der Waals surface area contributed by atoms with Crippen molar-refractivity contribution < 1.29 is 24.5 Å². The van der Waals surface area contributed by atoms with Crippen LogP contribution in [-0.2, 0) is 16.2 Å². The van der Waals surface area contributed by atoms with E-state index in [4.69, 9.17) is 4.74 Å². The minimum absolute atomic E-state index is 0.225. The second kappa shape index (κ2) is 8.59. The van der Waals surface area contributed by atoms with Gasteiger partial charge in [0.25, 0.3) is 0 Å². The number of nitrogens with one attached hydrogen (secondary N) is 1. The summed E-state index contributed by atoms with van der Waals surface area (Å²) in [4.78, 5) is 28.5. The van der Waals surface area contributed by atoms with Crippen molar-refractivity contribution in [3.05, 3.63) is 65.9 Å². The van der Waals surface area contributed by atoms with Crippen LogP contribution in [-0.4, -0.2) is 45.1 Å². The third-order valence-corrected chi connectivity index (χ3v) is 5.63. The topological polar surface area (TPSA) is 103 Å². The first kappa shape index (κ1) is 20.0. The molecule has 0 spiro atoms. The molecule has 156 valence electrons. The number of rotatable bonds is 7. The van der Waals surface area contributed by atoms with Crippen molar-refractivity contribution in [3.63, 3.8) is 0 Å². The minimum Gasteiger partial charge on any atom is -0.489 e. The van der Waals surface area contributed by atoms with Crippen LogP contribution in [0.15, 0.2) is 54.7 Å². The van der Waals surface area contributed by atoms with Gasteiger partial charge in [0.2, 0.25) is 0 Å². The van der Waals surface area contributed by atoms with Crippen LogP contribution in [0.4, 0.5) is 0 Å². The van der Waals surface area contributed by atoms with Gasteiger partial charge in [-0.3, -0.25) is 14.5 Å². The fourth-order valence-electron chi connectivity index (χ4n) is 4.11. The number of aliphatic carboxylic acids is 2. The van der Waals surface area contributed by atoms with E-state index < -0.39 is 23.9 Å². The Morgan fingerprint density at radius 1 is 1.17 bits per heavy atom. The summed E-state index contributed by atoms with van der Waals surface area (Å²) in [6, 6.07) is 14.5. The van der Waals surface area contributed by atoms with Gasteiger partial charge in [-0.25, -0.2) is 0 Å². The molecule has 3 aromatic rings. The van der Waals surface area contributed by atoms with Gasteiger partial charge in [-0.1, -0.05) is 30.3 Å². The van der Waals surface area contributed by atoms with Gasteiger partial charge in [0.15, 0.2) is 0 Å². The zero-order valence-electron chi connectivity index (χ0n) is 16.5. The average molecular weight is 408 g/mol. The van der Waals surface area contributed by atoms with Crippen molar-refractivity contribution in [2.75, 3.05) is 13.1 Å². The van der Waals surface area contributed by atoms with Crippen molar-refractivity contribution in [1.82, 2.24) is 9.88 Å². The van der Waals surface area contributed by atoms with E-state index in [2.05, 4.69) is 4.98 Å². The van der Waals surface area contributed by atoms with Gasteiger partial charge >= 0.3 is 11.9 Å². The molecule has 1 aliphatic heterocycles. The Morgan fingerprint density at radius 3 is 2.70 bits per heavy atom. The smallest absolute Gasteiger partial charge is 0.325 e. The van der Waals surface area contributed by atoms with E-state index in [1.54, 1.807) is 11.1 Å². The summed E-state index contributed by atoms with van der Waals surface area (Å²) in [6.07, 6.45) is 2.94. The maximum Gasteiger partial charge on any atom is 0.325 e. The summed E-state index contributed by atoms with van der Waals surface area (Å²) in [5, 5.41) is 20.1. The van der Waals surface area contributed by atoms with Gasteiger partial charge in [-0.05, 0) is 43.1 Å². The highest BCUT2D eigenvalue weighted by atomic mass is 16.5. The molecule has 7 nitrogen and oxygen atoms in total. The Bertz CT molecular complexity index is 1050. The summed E-state index contributed by atoms with van der Waals surface area (Å²) in [5.41, 5.74) is 2.48. The van der Waals surface area contributed by atoms with Gasteiger partial charge < -0.3 is 19.9 Å². The van der Waals surface area contributed by atoms with E-state index in [0.29, 0.717) is 37.3 Å². The Kier molecular flexibility index (Phi) is 5.72. The molecule has 7 heteroatoms. The van der Waals surface area contributed by atoms with E-state index in [1.165, 1.54) is 0 Å². The summed E-state index contributed by atoms with van der Waals surface area (Å²) in [5.74, 6) is -1.76. The molecule has 0 saturated carbocycles. The number of hydrogen-bond acceptors (Lipinski definition) is 4. The van der Waals surface area contributed by atoms with E-state index in [1.807, 2.05) is 48.5 Å². The number of carboxylic acids is 2. The maximum absolute atomic E-state index is 12.2. The van der Waals surface area contributed by atoms with Crippen LogP contribution in [0.3, 0.4) is 0 Å². The Morgan fingerprint density at radius 2 is 1.97 bits per heavy atom. The summed E-state index contributed by atoms with van der Waals surface area (Å²) < 4.78 is 5.91. The maximum atomic E-state index is 12.2. The first-order valence-corrected chi connectivity index (χ1v) is 10.0. The number of aromatic nitrogens is 1. The van der Waals surface area contributed by atoms with E-state index >= 15 is 0 Å². The molecular formula is C23H24N2O5. The highest BCUT2D eigenvalue weighted by Crippen LogP contribution is 2.33. The van der Waals surface area contributed by atoms with Crippen LogP contribution in [0.1, 0.15) is 30.0 Å². The molecule has 4 rings (SSSR count). The quantitative estimate of drug-likeness (QED) is 0.551. The molecule has 3 N–H and O–H groups in total. The lowest BCUT2D eigenvalue weighted by Gasteiger charge is -2.34. The number of piperidine rings is 1. The van der Waals surface area contributed by atoms with Crippen LogP contribution in [0, 0.1) is 5.92 Å². The Balaban J connectivity index is 1.61. The van der Waals surface area contributed by atoms with Crippen molar-refractivity contribution in [2.24, 2.45) is 5.92 Å². The molecule has 2 heterocycles. The fourth-order valence-corrected chi connectivity index (χ4v) is 4.11. The number of nitrogens with zero attached hydrogens (tertiary/aromatic N) is 1. The monoisotopic (exact) mass is 408 g/mol. The molecule has 1 aliphatic rings. The molecule has 1 saturated heterocycles. The second-order valence-electron chi connectivity index (χ2n) is 7.64. The second-order valence-corrected chi connectivity index (χ2v) is 7.64. The van der Waals surface area contributed by atoms with Gasteiger partial charge in [0, 0.05) is 29.2 Å². The molecule has 1 fully saturated rings. The average Bonchev–Trinajstić information content (AvgIpc) is 3.16. The van der Waals surface area contributed by atoms with Crippen molar-refractivity contribution in [2.45, 2.75) is 25.5 Å². The van der Waals surface area contributed by atoms with E-state index in [0.717, 1.165) is 16.5 Å². The molecule has 0 bridgehead atoms. The number of carbonyl (C=O) groups is 2. The van der Waals surface area contributed by atoms with Gasteiger partial charge in [0.05, 0.1) is 5.92 Å². The van der Waals surface area contributed by atoms with Crippen molar-refractivity contribution >= 4 is 22.8 Å². The molecular weight excluding hydrogens is 384 g/mol. The third-order valence-electron chi connectivity index (χ3n) is 5.63. The standard InChI is InChI=1S/C23H24N2O5/c26-22(27)16-7-4-10-25(13-16)21(23(28)29)19-12-24-20-9-8-17(11-18(19)20)30-14-15-5-2-1-3-6-15/h1-3,5-6,8-9,11-12,16,21,24H,4,7,10,13-14H2,(H,26,27)(H,28,29)/t16-,21-/m1/s1. The van der Waals surface area contributed by atoms with Crippen molar-refractivity contribution in [3.8, 4) is 5.75 Å². The number of H-pyrrole nitrogens is 1. The largest absolute Gasteiger partial charge is 0.489 e. The molecule has 1 aromatic heterocycles. The molecule has 2 aromatic carbocycles. The normalized spacial score (nSPS) is 18.2. The van der Waals surface area contributed by atoms with Gasteiger partial charge in [-0.15, -0.1) is 0 Å². The van der Waals surface area contributed by atoms with E-state index in [-0.39, 0.29) is 6.54 Å². The fraction of sp³-hybridized carbons (Fsp3) is 0.304. The van der Waals surface area contributed by atoms with Crippen molar-refractivity contribution in [1.29, 1.82) is 0 Å². The van der Waals surface area contributed by atoms with Crippen LogP contribution >= 0.6 is 0 Å². The third kappa shape index (κ3) is 4.16. The Labute approximate surface area is 173 Å². The van der Waals surface area contributed by atoms with E-state index in [9.17, 15) is 19.8 Å². The van der Waals surface area contributed by atoms with Crippen LogP contribution in [0.5, 0.6) is 5.75 Å². The zero-order chi connectivity index (χ0) is 21.1. The first-order chi connectivity index (χ1) is 14.5. The molecule has 0 aliphatic carbocycles. The van der Waals surface area contributed by atoms with Gasteiger partial charge in [-0.2, -0.15) is 0 Å². The summed E-state index contributed by atoms with van der Waals surface area (Å²) >= 11 is 0. The van der Waals surface area contributed by atoms with Crippen LogP contribution in [0.25, 0.3) is 10.9 Å². The Hall–Kier alpha value is -3.32. The number of likely N-dealkylation sites (tertiary alicyclic amines) is 1. The molecule has 0 amide bonds. The van der Waals surface area contributed by atoms with Crippen LogP contribution in [0.2, 0.25) is 0 Å². The minimum atomic E-state index is -0.988.